The Hall–Kier alpha value is -1.92. The summed E-state index contributed by atoms with van der Waals surface area (Å²) in [7, 11) is 0. The number of rotatable bonds is 3. The summed E-state index contributed by atoms with van der Waals surface area (Å²) in [5.41, 5.74) is 7.52. The van der Waals surface area contributed by atoms with Gasteiger partial charge in [0.2, 0.25) is 5.91 Å². The molecule has 2 saturated carbocycles. The highest BCUT2D eigenvalue weighted by Crippen LogP contribution is 2.47. The topological polar surface area (TPSA) is 84.7 Å². The van der Waals surface area contributed by atoms with Crippen molar-refractivity contribution in [2.75, 3.05) is 31.6 Å². The van der Waals surface area contributed by atoms with Gasteiger partial charge in [0, 0.05) is 30.4 Å². The highest BCUT2D eigenvalue weighted by atomic mass is 16.5. The van der Waals surface area contributed by atoms with E-state index in [1.165, 1.54) is 0 Å². The van der Waals surface area contributed by atoms with Crippen LogP contribution < -0.4 is 11.1 Å². The summed E-state index contributed by atoms with van der Waals surface area (Å²) in [4.78, 5) is 27.1. The maximum atomic E-state index is 12.7. The molecule has 3 N–H and O–H groups in total. The van der Waals surface area contributed by atoms with Crippen LogP contribution in [0.2, 0.25) is 0 Å². The monoisotopic (exact) mass is 343 g/mol. The molecule has 25 heavy (non-hydrogen) atoms. The Kier molecular flexibility index (Phi) is 4.48. The Morgan fingerprint density at radius 3 is 2.64 bits per heavy atom. The summed E-state index contributed by atoms with van der Waals surface area (Å²) in [5, 5.41) is 2.98. The minimum Gasteiger partial charge on any atom is -0.378 e. The molecule has 3 aliphatic rings. The van der Waals surface area contributed by atoms with Gasteiger partial charge in [-0.3, -0.25) is 9.59 Å². The highest BCUT2D eigenvalue weighted by Gasteiger charge is 2.49. The van der Waals surface area contributed by atoms with Gasteiger partial charge in [-0.05, 0) is 49.3 Å². The maximum absolute atomic E-state index is 12.7. The first-order chi connectivity index (χ1) is 12.1. The molecule has 4 rings (SSSR count). The number of carbonyl (C=O) groups is 2. The van der Waals surface area contributed by atoms with Crippen molar-refractivity contribution in [1.82, 2.24) is 4.90 Å². The van der Waals surface area contributed by atoms with Crippen LogP contribution in [0.15, 0.2) is 24.3 Å². The van der Waals surface area contributed by atoms with Crippen LogP contribution in [0.4, 0.5) is 5.69 Å². The molecule has 134 valence electrons. The Bertz CT molecular complexity index is 670. The molecule has 2 aliphatic carbocycles. The fourth-order valence-corrected chi connectivity index (χ4v) is 4.63. The van der Waals surface area contributed by atoms with Gasteiger partial charge in [0.1, 0.15) is 0 Å². The van der Waals surface area contributed by atoms with Crippen LogP contribution in [0, 0.1) is 17.8 Å². The summed E-state index contributed by atoms with van der Waals surface area (Å²) < 4.78 is 5.29. The Morgan fingerprint density at radius 2 is 1.92 bits per heavy atom. The summed E-state index contributed by atoms with van der Waals surface area (Å²) in [6.45, 7) is 2.36. The Morgan fingerprint density at radius 1 is 1.16 bits per heavy atom. The number of nitrogens with one attached hydrogen (secondary N) is 1. The van der Waals surface area contributed by atoms with Gasteiger partial charge in [-0.1, -0.05) is 6.07 Å². The number of nitrogens with zero attached hydrogens (tertiary/aromatic N) is 1. The second-order valence-electron chi connectivity index (χ2n) is 7.41. The van der Waals surface area contributed by atoms with Crippen LogP contribution in [0.25, 0.3) is 0 Å². The lowest BCUT2D eigenvalue weighted by molar-refractivity contribution is -0.121. The van der Waals surface area contributed by atoms with E-state index in [2.05, 4.69) is 5.32 Å². The molecule has 3 fully saturated rings. The van der Waals surface area contributed by atoms with Crippen LogP contribution in [0.3, 0.4) is 0 Å². The number of nitrogens with two attached hydrogens (primary N) is 1. The van der Waals surface area contributed by atoms with Gasteiger partial charge >= 0.3 is 0 Å². The minimum absolute atomic E-state index is 0.00401. The van der Waals surface area contributed by atoms with Crippen molar-refractivity contribution in [3.8, 4) is 0 Å². The van der Waals surface area contributed by atoms with Crippen LogP contribution in [-0.4, -0.2) is 49.1 Å². The second-order valence-corrected chi connectivity index (χ2v) is 7.41. The maximum Gasteiger partial charge on any atom is 0.254 e. The molecule has 4 unspecified atom stereocenters. The fraction of sp³-hybridized carbons (Fsp3) is 0.579. The molecule has 0 aromatic heterocycles. The van der Waals surface area contributed by atoms with E-state index < -0.39 is 0 Å². The van der Waals surface area contributed by atoms with Gasteiger partial charge in [-0.2, -0.15) is 0 Å². The van der Waals surface area contributed by atoms with E-state index in [0.29, 0.717) is 49.4 Å². The lowest BCUT2D eigenvalue weighted by Crippen LogP contribution is -2.42. The third-order valence-electron chi connectivity index (χ3n) is 5.96. The average Bonchev–Trinajstić information content (AvgIpc) is 3.23. The predicted molar refractivity (Wildman–Crippen MR) is 94.1 cm³/mol. The van der Waals surface area contributed by atoms with Crippen molar-refractivity contribution in [2.24, 2.45) is 23.5 Å². The average molecular weight is 343 g/mol. The molecule has 1 saturated heterocycles. The van der Waals surface area contributed by atoms with Crippen molar-refractivity contribution in [3.05, 3.63) is 29.8 Å². The second kappa shape index (κ2) is 6.77. The number of benzene rings is 1. The van der Waals surface area contributed by atoms with Gasteiger partial charge in [0.05, 0.1) is 19.1 Å². The largest absolute Gasteiger partial charge is 0.378 e. The molecule has 1 heterocycles. The summed E-state index contributed by atoms with van der Waals surface area (Å²) in [6, 6.07) is 7.15. The van der Waals surface area contributed by atoms with Crippen molar-refractivity contribution >= 4 is 17.5 Å². The first kappa shape index (κ1) is 16.5. The van der Waals surface area contributed by atoms with Crippen LogP contribution in [0.1, 0.15) is 29.6 Å². The third kappa shape index (κ3) is 3.16. The molecule has 0 spiro atoms. The normalized spacial score (nSPS) is 31.2. The van der Waals surface area contributed by atoms with E-state index in [9.17, 15) is 9.59 Å². The first-order valence-corrected chi connectivity index (χ1v) is 9.17. The number of amides is 2. The first-order valence-electron chi connectivity index (χ1n) is 9.17. The number of ether oxygens (including phenoxy) is 1. The van der Waals surface area contributed by atoms with E-state index in [4.69, 9.17) is 10.5 Å². The molecular formula is C19H25N3O3. The van der Waals surface area contributed by atoms with Crippen molar-refractivity contribution in [1.29, 1.82) is 0 Å². The molecule has 6 heteroatoms. The number of carbonyl (C=O) groups excluding carboxylic acids is 2. The SMILES string of the molecule is NC1C2CCC(C2)C1C(=O)Nc1cccc(C(=O)N2CCOCC2)c1. The lowest BCUT2D eigenvalue weighted by atomic mass is 9.84. The summed E-state index contributed by atoms with van der Waals surface area (Å²) in [6.07, 6.45) is 3.33. The smallest absolute Gasteiger partial charge is 0.254 e. The molecule has 1 aromatic rings. The van der Waals surface area contributed by atoms with Gasteiger partial charge in [-0.15, -0.1) is 0 Å². The zero-order valence-electron chi connectivity index (χ0n) is 14.3. The summed E-state index contributed by atoms with van der Waals surface area (Å²) in [5.74, 6) is 0.789. The minimum atomic E-state index is -0.0997. The molecule has 6 nitrogen and oxygen atoms in total. The van der Waals surface area contributed by atoms with Gasteiger partial charge in [-0.25, -0.2) is 0 Å². The summed E-state index contributed by atoms with van der Waals surface area (Å²) >= 11 is 0. The molecule has 4 atom stereocenters. The molecule has 2 amide bonds. The van der Waals surface area contributed by atoms with E-state index in [1.54, 1.807) is 17.0 Å². The number of anilines is 1. The number of morpholine rings is 1. The Balaban J connectivity index is 1.44. The van der Waals surface area contributed by atoms with E-state index in [-0.39, 0.29) is 23.8 Å². The molecule has 1 aromatic carbocycles. The number of hydrogen-bond donors (Lipinski definition) is 2. The lowest BCUT2D eigenvalue weighted by Gasteiger charge is -2.28. The van der Waals surface area contributed by atoms with Crippen LogP contribution in [0.5, 0.6) is 0 Å². The van der Waals surface area contributed by atoms with E-state index in [0.717, 1.165) is 19.3 Å². The van der Waals surface area contributed by atoms with Crippen molar-refractivity contribution in [2.45, 2.75) is 25.3 Å². The van der Waals surface area contributed by atoms with Gasteiger partial charge in [0.25, 0.3) is 5.91 Å². The van der Waals surface area contributed by atoms with Crippen molar-refractivity contribution < 1.29 is 14.3 Å². The molecule has 2 bridgehead atoms. The third-order valence-corrected chi connectivity index (χ3v) is 5.96. The van der Waals surface area contributed by atoms with Crippen molar-refractivity contribution in [3.63, 3.8) is 0 Å². The molecule has 0 radical (unpaired) electrons. The molecular weight excluding hydrogens is 318 g/mol. The number of fused-ring (bicyclic) bond motifs is 2. The van der Waals surface area contributed by atoms with E-state index >= 15 is 0 Å². The fourth-order valence-electron chi connectivity index (χ4n) is 4.63. The predicted octanol–water partition coefficient (Wildman–Crippen LogP) is 1.47. The van der Waals surface area contributed by atoms with Gasteiger partial charge in [0.15, 0.2) is 0 Å². The molecule has 1 aliphatic heterocycles. The Labute approximate surface area is 147 Å². The number of hydrogen-bond acceptors (Lipinski definition) is 4. The van der Waals surface area contributed by atoms with Crippen LogP contribution >= 0.6 is 0 Å². The zero-order valence-corrected chi connectivity index (χ0v) is 14.3. The standard InChI is InChI=1S/C19H25N3O3/c20-17-13-5-4-12(10-13)16(17)18(23)21-15-3-1-2-14(11-15)19(24)22-6-8-25-9-7-22/h1-3,11-13,16-17H,4-10,20H2,(H,21,23). The highest BCUT2D eigenvalue weighted by molar-refractivity contribution is 5.98. The zero-order chi connectivity index (χ0) is 17.4. The van der Waals surface area contributed by atoms with Gasteiger partial charge < -0.3 is 20.7 Å². The quantitative estimate of drug-likeness (QED) is 0.870. The van der Waals surface area contributed by atoms with E-state index in [1.807, 2.05) is 12.1 Å². The van der Waals surface area contributed by atoms with Crippen LogP contribution in [-0.2, 0) is 9.53 Å².